The first-order chi connectivity index (χ1) is 9.42. The van der Waals surface area contributed by atoms with E-state index in [1.54, 1.807) is 0 Å². The van der Waals surface area contributed by atoms with E-state index >= 15 is 0 Å². The molecule has 0 atom stereocenters. The summed E-state index contributed by atoms with van der Waals surface area (Å²) in [5, 5.41) is 1.31. The summed E-state index contributed by atoms with van der Waals surface area (Å²) in [5.41, 5.74) is 5.08. The molecule has 5 rings (SSSR count). The zero-order valence-corrected chi connectivity index (χ0v) is 10.8. The molecule has 0 unspecified atom stereocenters. The van der Waals surface area contributed by atoms with Crippen LogP contribution in [-0.4, -0.2) is 14.4 Å². The van der Waals surface area contributed by atoms with Crippen molar-refractivity contribution in [2.45, 2.75) is 6.54 Å². The van der Waals surface area contributed by atoms with Crippen LogP contribution in [0.5, 0.6) is 0 Å². The first-order valence-electron chi connectivity index (χ1n) is 6.12. The van der Waals surface area contributed by atoms with Gasteiger partial charge in [0.25, 0.3) is 5.01 Å². The molecule has 0 N–H and O–H groups in total. The number of pyridine rings is 1. The van der Waals surface area contributed by atoms with E-state index in [2.05, 4.69) is 31.2 Å². The van der Waals surface area contributed by atoms with Crippen LogP contribution < -0.4 is 4.57 Å². The number of nitrogens with zero attached hydrogens (tertiary/aromatic N) is 4. The van der Waals surface area contributed by atoms with Crippen LogP contribution in [0.2, 0.25) is 0 Å². The predicted octanol–water partition coefficient (Wildman–Crippen LogP) is 2.26. The fourth-order valence-corrected chi connectivity index (χ4v) is 4.11. The standard InChI is InChI=1S/C14H9N4S/c1-2-15-5-10-9(1)7-18-12-8-17-4-3-16-6-11(17)13(12)19-14(10)18/h1-6,8H,7H2/q+1. The van der Waals surface area contributed by atoms with E-state index < -0.39 is 0 Å². The zero-order chi connectivity index (χ0) is 12.4. The maximum absolute atomic E-state index is 4.25. The highest BCUT2D eigenvalue weighted by Crippen LogP contribution is 2.36. The second kappa shape index (κ2) is 3.19. The van der Waals surface area contributed by atoms with Crippen LogP contribution >= 0.6 is 11.3 Å². The van der Waals surface area contributed by atoms with E-state index in [-0.39, 0.29) is 0 Å². The SMILES string of the molecule is c1cc2c(cn1)-c1sc3c4cnccn4cc3[n+]1C2. The Morgan fingerprint density at radius 3 is 3.16 bits per heavy atom. The minimum Gasteiger partial charge on any atom is -0.313 e. The highest BCUT2D eigenvalue weighted by molar-refractivity contribution is 7.22. The summed E-state index contributed by atoms with van der Waals surface area (Å²) in [6, 6.07) is 2.11. The van der Waals surface area contributed by atoms with Gasteiger partial charge in [0, 0.05) is 30.4 Å². The van der Waals surface area contributed by atoms with E-state index in [1.165, 1.54) is 31.9 Å². The van der Waals surface area contributed by atoms with Crippen LogP contribution in [0.1, 0.15) is 5.56 Å². The molecule has 5 heterocycles. The van der Waals surface area contributed by atoms with Crippen LogP contribution in [0.4, 0.5) is 0 Å². The van der Waals surface area contributed by atoms with E-state index in [1.807, 2.05) is 42.3 Å². The summed E-state index contributed by atoms with van der Waals surface area (Å²) >= 11 is 1.83. The fourth-order valence-electron chi connectivity index (χ4n) is 2.82. The Morgan fingerprint density at radius 1 is 1.21 bits per heavy atom. The van der Waals surface area contributed by atoms with Crippen molar-refractivity contribution in [3.05, 3.63) is 48.8 Å². The van der Waals surface area contributed by atoms with Gasteiger partial charge in [-0.15, -0.1) is 0 Å². The summed E-state index contributed by atoms with van der Waals surface area (Å²) < 4.78 is 5.82. The van der Waals surface area contributed by atoms with Gasteiger partial charge in [0.1, 0.15) is 4.70 Å². The topological polar surface area (TPSA) is 34.1 Å². The van der Waals surface area contributed by atoms with Crippen molar-refractivity contribution in [2.75, 3.05) is 0 Å². The molecule has 4 aromatic heterocycles. The van der Waals surface area contributed by atoms with Crippen molar-refractivity contribution >= 4 is 27.1 Å². The number of thiazole rings is 1. The van der Waals surface area contributed by atoms with Gasteiger partial charge in [0.05, 0.1) is 23.5 Å². The average molecular weight is 265 g/mol. The predicted molar refractivity (Wildman–Crippen MR) is 73.1 cm³/mol. The monoisotopic (exact) mass is 265 g/mol. The first-order valence-corrected chi connectivity index (χ1v) is 6.94. The lowest BCUT2D eigenvalue weighted by atomic mass is 10.2. The van der Waals surface area contributed by atoms with Gasteiger partial charge in [-0.1, -0.05) is 11.3 Å². The highest BCUT2D eigenvalue weighted by atomic mass is 32.1. The Bertz CT molecular complexity index is 951. The summed E-state index contributed by atoms with van der Waals surface area (Å²) in [4.78, 5) is 8.47. The summed E-state index contributed by atoms with van der Waals surface area (Å²) in [7, 11) is 0. The van der Waals surface area contributed by atoms with Crippen molar-refractivity contribution in [3.63, 3.8) is 0 Å². The summed E-state index contributed by atoms with van der Waals surface area (Å²) in [6.45, 7) is 0.942. The Labute approximate surface area is 112 Å². The largest absolute Gasteiger partial charge is 0.313 e. The molecule has 0 aromatic carbocycles. The maximum atomic E-state index is 4.25. The van der Waals surface area contributed by atoms with E-state index in [4.69, 9.17) is 0 Å². The minimum absolute atomic E-state index is 0.942. The van der Waals surface area contributed by atoms with Gasteiger partial charge in [-0.3, -0.25) is 9.97 Å². The quantitative estimate of drug-likeness (QED) is 0.402. The number of hydrogen-bond donors (Lipinski definition) is 0. The van der Waals surface area contributed by atoms with Gasteiger partial charge in [-0.2, -0.15) is 4.57 Å². The number of hydrogen-bond acceptors (Lipinski definition) is 3. The van der Waals surface area contributed by atoms with Crippen LogP contribution in [-0.2, 0) is 6.54 Å². The molecule has 1 aliphatic rings. The van der Waals surface area contributed by atoms with Crippen molar-refractivity contribution in [1.82, 2.24) is 14.4 Å². The van der Waals surface area contributed by atoms with E-state index in [9.17, 15) is 0 Å². The van der Waals surface area contributed by atoms with Crippen LogP contribution in [0.3, 0.4) is 0 Å². The molecule has 0 spiro atoms. The molecule has 0 saturated carbocycles. The summed E-state index contributed by atoms with van der Waals surface area (Å²) in [6.07, 6.45) is 11.8. The van der Waals surface area contributed by atoms with Gasteiger partial charge in [-0.05, 0) is 6.07 Å². The van der Waals surface area contributed by atoms with Crippen LogP contribution in [0.25, 0.3) is 26.3 Å². The number of aromatic nitrogens is 4. The Kier molecular flexibility index (Phi) is 1.62. The number of rotatable bonds is 0. The third-order valence-corrected chi connectivity index (χ3v) is 4.98. The van der Waals surface area contributed by atoms with Gasteiger partial charge in [-0.25, -0.2) is 0 Å². The van der Waals surface area contributed by atoms with Crippen molar-refractivity contribution in [3.8, 4) is 10.6 Å². The van der Waals surface area contributed by atoms with Gasteiger partial charge in [0.15, 0.2) is 6.54 Å². The molecule has 0 aliphatic carbocycles. The van der Waals surface area contributed by atoms with Gasteiger partial charge >= 0.3 is 0 Å². The molecule has 0 saturated heterocycles. The lowest BCUT2D eigenvalue weighted by molar-refractivity contribution is -0.642. The third kappa shape index (κ3) is 1.11. The molecule has 90 valence electrons. The molecule has 0 amide bonds. The Hall–Kier alpha value is -2.27. The average Bonchev–Trinajstić information content (AvgIpc) is 3.07. The Morgan fingerprint density at radius 2 is 2.16 bits per heavy atom. The highest BCUT2D eigenvalue weighted by Gasteiger charge is 2.33. The molecule has 0 fully saturated rings. The second-order valence-corrected chi connectivity index (χ2v) is 5.74. The smallest absolute Gasteiger partial charge is 0.272 e. The van der Waals surface area contributed by atoms with E-state index in [0.29, 0.717) is 0 Å². The molecular formula is C14H9N4S+. The third-order valence-electron chi connectivity index (χ3n) is 3.72. The lowest BCUT2D eigenvalue weighted by Gasteiger charge is -1.90. The van der Waals surface area contributed by atoms with E-state index in [0.717, 1.165) is 6.54 Å². The van der Waals surface area contributed by atoms with Crippen molar-refractivity contribution in [2.24, 2.45) is 0 Å². The molecular weight excluding hydrogens is 256 g/mol. The Balaban J connectivity index is 1.93. The van der Waals surface area contributed by atoms with Crippen LogP contribution in [0, 0.1) is 0 Å². The van der Waals surface area contributed by atoms with Gasteiger partial charge in [0.2, 0.25) is 5.52 Å². The molecule has 19 heavy (non-hydrogen) atoms. The molecule has 5 heteroatoms. The minimum atomic E-state index is 0.942. The van der Waals surface area contributed by atoms with Crippen molar-refractivity contribution in [1.29, 1.82) is 0 Å². The van der Waals surface area contributed by atoms with Crippen molar-refractivity contribution < 1.29 is 4.57 Å². The van der Waals surface area contributed by atoms with Gasteiger partial charge < -0.3 is 4.40 Å². The zero-order valence-electron chi connectivity index (χ0n) is 9.95. The molecule has 0 bridgehead atoms. The second-order valence-electron chi connectivity index (χ2n) is 4.74. The van der Waals surface area contributed by atoms with Crippen LogP contribution in [0.15, 0.2) is 43.2 Å². The molecule has 0 radical (unpaired) electrons. The molecule has 1 aliphatic heterocycles. The molecule has 4 aromatic rings. The normalized spacial score (nSPS) is 13.1. The number of fused-ring (bicyclic) bond motifs is 7. The first kappa shape index (κ1) is 9.63. The lowest BCUT2D eigenvalue weighted by Crippen LogP contribution is -2.29. The maximum Gasteiger partial charge on any atom is 0.272 e. The summed E-state index contributed by atoms with van der Waals surface area (Å²) in [5.74, 6) is 0. The fraction of sp³-hybridized carbons (Fsp3) is 0.0714. The molecule has 4 nitrogen and oxygen atoms in total.